The second-order valence-corrected chi connectivity index (χ2v) is 6.23. The van der Waals surface area contributed by atoms with Gasteiger partial charge in [0.2, 0.25) is 10.1 Å². The van der Waals surface area contributed by atoms with Gasteiger partial charge in [0.15, 0.2) is 0 Å². The second-order valence-electron chi connectivity index (χ2n) is 5.28. The number of alkyl halides is 3. The minimum atomic E-state index is -4.44. The molecule has 0 bridgehead atoms. The summed E-state index contributed by atoms with van der Waals surface area (Å²) in [6.07, 6.45) is -4.44. The van der Waals surface area contributed by atoms with Crippen LogP contribution in [0.2, 0.25) is 0 Å². The van der Waals surface area contributed by atoms with Crippen LogP contribution in [-0.4, -0.2) is 46.3 Å². The fourth-order valence-corrected chi connectivity index (χ4v) is 3.21. The Labute approximate surface area is 135 Å². The molecular weight excluding hydrogens is 329 g/mol. The molecule has 0 saturated carbocycles. The van der Waals surface area contributed by atoms with Crippen LogP contribution < -0.4 is 9.80 Å². The summed E-state index contributed by atoms with van der Waals surface area (Å²) < 4.78 is 37.8. The summed E-state index contributed by atoms with van der Waals surface area (Å²) in [5, 5.41) is 6.30. The highest BCUT2D eigenvalue weighted by Gasteiger charge is 2.36. The van der Waals surface area contributed by atoms with Gasteiger partial charge in [0.05, 0.1) is 0 Å². The highest BCUT2D eigenvalue weighted by atomic mass is 32.1. The zero-order chi connectivity index (χ0) is 16.6. The third-order valence-electron chi connectivity index (χ3n) is 3.48. The Balaban J connectivity index is 1.67. The molecule has 0 aromatic carbocycles. The van der Waals surface area contributed by atoms with E-state index < -0.39 is 11.2 Å². The van der Waals surface area contributed by atoms with Crippen LogP contribution in [-0.2, 0) is 6.18 Å². The molecule has 6 nitrogen and oxygen atoms in total. The molecule has 124 valence electrons. The molecule has 0 spiro atoms. The van der Waals surface area contributed by atoms with E-state index >= 15 is 0 Å². The van der Waals surface area contributed by atoms with Crippen LogP contribution in [0, 0.1) is 13.8 Å². The van der Waals surface area contributed by atoms with Gasteiger partial charge >= 0.3 is 6.18 Å². The van der Waals surface area contributed by atoms with Crippen molar-refractivity contribution in [2.45, 2.75) is 20.0 Å². The SMILES string of the molecule is Cc1cc(N2CCN(c3nnc(C(F)(F)F)s3)CC2)nc(C)n1. The molecule has 0 unspecified atom stereocenters. The molecular formula is C13H15F3N6S. The van der Waals surface area contributed by atoms with Crippen LogP contribution in [0.25, 0.3) is 0 Å². The highest BCUT2D eigenvalue weighted by Crippen LogP contribution is 2.34. The quantitative estimate of drug-likeness (QED) is 0.833. The van der Waals surface area contributed by atoms with E-state index in [1.54, 1.807) is 0 Å². The molecule has 0 radical (unpaired) electrons. The lowest BCUT2D eigenvalue weighted by Crippen LogP contribution is -2.47. The predicted octanol–water partition coefficient (Wildman–Crippen LogP) is 2.29. The van der Waals surface area contributed by atoms with Gasteiger partial charge in [-0.05, 0) is 13.8 Å². The number of aromatic nitrogens is 4. The van der Waals surface area contributed by atoms with Crippen molar-refractivity contribution in [1.82, 2.24) is 20.2 Å². The van der Waals surface area contributed by atoms with Crippen molar-refractivity contribution >= 4 is 22.3 Å². The van der Waals surface area contributed by atoms with Gasteiger partial charge in [-0.15, -0.1) is 10.2 Å². The Morgan fingerprint density at radius 1 is 1.00 bits per heavy atom. The zero-order valence-corrected chi connectivity index (χ0v) is 13.4. The summed E-state index contributed by atoms with van der Waals surface area (Å²) in [4.78, 5) is 12.6. The van der Waals surface area contributed by atoms with Crippen LogP contribution >= 0.6 is 11.3 Å². The topological polar surface area (TPSA) is 58.0 Å². The fourth-order valence-electron chi connectivity index (χ4n) is 2.44. The average molecular weight is 344 g/mol. The Morgan fingerprint density at radius 2 is 1.65 bits per heavy atom. The van der Waals surface area contributed by atoms with Crippen molar-refractivity contribution < 1.29 is 13.2 Å². The number of anilines is 2. The molecule has 2 aromatic heterocycles. The fraction of sp³-hybridized carbons (Fsp3) is 0.538. The molecule has 0 amide bonds. The van der Waals surface area contributed by atoms with Crippen molar-refractivity contribution in [1.29, 1.82) is 0 Å². The molecule has 10 heteroatoms. The molecule has 2 aromatic rings. The number of piperazine rings is 1. The Bertz CT molecular complexity index is 673. The molecule has 0 atom stereocenters. The van der Waals surface area contributed by atoms with Crippen LogP contribution in [0.15, 0.2) is 6.07 Å². The van der Waals surface area contributed by atoms with Gasteiger partial charge in [-0.25, -0.2) is 9.97 Å². The minimum absolute atomic E-state index is 0.312. The van der Waals surface area contributed by atoms with Crippen molar-refractivity contribution in [2.75, 3.05) is 36.0 Å². The molecule has 0 aliphatic carbocycles. The van der Waals surface area contributed by atoms with E-state index in [-0.39, 0.29) is 0 Å². The highest BCUT2D eigenvalue weighted by molar-refractivity contribution is 7.15. The number of hydrogen-bond acceptors (Lipinski definition) is 7. The average Bonchev–Trinajstić information content (AvgIpc) is 2.96. The number of rotatable bonds is 2. The monoisotopic (exact) mass is 344 g/mol. The van der Waals surface area contributed by atoms with Gasteiger partial charge in [-0.2, -0.15) is 13.2 Å². The first-order chi connectivity index (χ1) is 10.8. The Hall–Kier alpha value is -1.97. The summed E-state index contributed by atoms with van der Waals surface area (Å²) in [5.41, 5.74) is 0.897. The maximum atomic E-state index is 12.6. The number of nitrogens with zero attached hydrogens (tertiary/aromatic N) is 6. The zero-order valence-electron chi connectivity index (χ0n) is 12.6. The van der Waals surface area contributed by atoms with E-state index in [9.17, 15) is 13.2 Å². The number of hydrogen-bond donors (Lipinski definition) is 0. The lowest BCUT2D eigenvalue weighted by atomic mass is 10.3. The Kier molecular flexibility index (Phi) is 4.09. The van der Waals surface area contributed by atoms with Gasteiger partial charge in [0.25, 0.3) is 0 Å². The summed E-state index contributed by atoms with van der Waals surface area (Å²) >= 11 is 0.583. The first-order valence-corrected chi connectivity index (χ1v) is 7.87. The summed E-state index contributed by atoms with van der Waals surface area (Å²) in [6.45, 7) is 6.23. The molecule has 0 N–H and O–H groups in total. The standard InChI is InChI=1S/C13H15F3N6S/c1-8-7-10(18-9(2)17-8)21-3-5-22(6-4-21)12-20-19-11(23-12)13(14,15)16/h7H,3-6H2,1-2H3. The lowest BCUT2D eigenvalue weighted by molar-refractivity contribution is -0.138. The van der Waals surface area contributed by atoms with Gasteiger partial charge < -0.3 is 9.80 Å². The van der Waals surface area contributed by atoms with E-state index in [0.29, 0.717) is 48.5 Å². The summed E-state index contributed by atoms with van der Waals surface area (Å²) in [7, 11) is 0. The molecule has 1 aliphatic rings. The van der Waals surface area contributed by atoms with E-state index in [1.165, 1.54) is 0 Å². The van der Waals surface area contributed by atoms with Crippen molar-refractivity contribution in [3.63, 3.8) is 0 Å². The van der Waals surface area contributed by atoms with Gasteiger partial charge in [-0.1, -0.05) is 11.3 Å². The van der Waals surface area contributed by atoms with Gasteiger partial charge in [-0.3, -0.25) is 0 Å². The third kappa shape index (κ3) is 3.52. The van der Waals surface area contributed by atoms with E-state index in [0.717, 1.165) is 11.5 Å². The summed E-state index contributed by atoms with van der Waals surface area (Å²) in [6, 6.07) is 1.91. The first kappa shape index (κ1) is 15.9. The molecule has 23 heavy (non-hydrogen) atoms. The molecule has 1 aliphatic heterocycles. The second kappa shape index (κ2) is 5.91. The van der Waals surface area contributed by atoms with Gasteiger partial charge in [0.1, 0.15) is 11.6 Å². The van der Waals surface area contributed by atoms with Crippen LogP contribution in [0.3, 0.4) is 0 Å². The van der Waals surface area contributed by atoms with Crippen LogP contribution in [0.1, 0.15) is 16.5 Å². The molecule has 3 rings (SSSR count). The van der Waals surface area contributed by atoms with Crippen molar-refractivity contribution in [3.05, 3.63) is 22.6 Å². The van der Waals surface area contributed by atoms with Crippen molar-refractivity contribution in [2.24, 2.45) is 0 Å². The number of halogens is 3. The van der Waals surface area contributed by atoms with E-state index in [2.05, 4.69) is 25.1 Å². The predicted molar refractivity (Wildman–Crippen MR) is 80.8 cm³/mol. The van der Waals surface area contributed by atoms with Crippen molar-refractivity contribution in [3.8, 4) is 0 Å². The smallest absolute Gasteiger partial charge is 0.353 e. The largest absolute Gasteiger partial charge is 0.445 e. The first-order valence-electron chi connectivity index (χ1n) is 7.06. The normalized spacial score (nSPS) is 16.0. The molecule has 1 fully saturated rings. The number of aryl methyl sites for hydroxylation is 2. The molecule has 1 saturated heterocycles. The summed E-state index contributed by atoms with van der Waals surface area (Å²) in [5.74, 6) is 1.56. The maximum Gasteiger partial charge on any atom is 0.445 e. The minimum Gasteiger partial charge on any atom is -0.353 e. The van der Waals surface area contributed by atoms with Crippen LogP contribution in [0.5, 0.6) is 0 Å². The lowest BCUT2D eigenvalue weighted by Gasteiger charge is -2.35. The Morgan fingerprint density at radius 3 is 2.22 bits per heavy atom. The van der Waals surface area contributed by atoms with E-state index in [4.69, 9.17) is 0 Å². The van der Waals surface area contributed by atoms with Crippen LogP contribution in [0.4, 0.5) is 24.1 Å². The maximum absolute atomic E-state index is 12.6. The van der Waals surface area contributed by atoms with Gasteiger partial charge in [0, 0.05) is 37.9 Å². The third-order valence-corrected chi connectivity index (χ3v) is 4.51. The van der Waals surface area contributed by atoms with E-state index in [1.807, 2.05) is 24.8 Å². The molecule has 3 heterocycles.